The van der Waals surface area contributed by atoms with Gasteiger partial charge in [0.05, 0.1) is 11.8 Å². The topological polar surface area (TPSA) is 74.3 Å². The summed E-state index contributed by atoms with van der Waals surface area (Å²) < 4.78 is 13.1. The first kappa shape index (κ1) is 14.4. The molecule has 6 nitrogen and oxygen atoms in total. The molecule has 2 N–H and O–H groups in total. The molecule has 2 heterocycles. The van der Waals surface area contributed by atoms with Crippen molar-refractivity contribution < 1.29 is 14.0 Å². The Morgan fingerprint density at radius 3 is 3.05 bits per heavy atom. The van der Waals surface area contributed by atoms with Gasteiger partial charge in [0.25, 0.3) is 5.91 Å². The zero-order valence-electron chi connectivity index (χ0n) is 11.2. The van der Waals surface area contributed by atoms with E-state index in [4.69, 9.17) is 0 Å². The fourth-order valence-corrected chi connectivity index (χ4v) is 2.17. The number of amides is 2. The van der Waals surface area contributed by atoms with Crippen LogP contribution in [0, 0.1) is 5.82 Å². The average Bonchev–Trinajstić information content (AvgIpc) is 2.47. The highest BCUT2D eigenvalue weighted by atomic mass is 19.1. The Labute approximate surface area is 116 Å². The molecule has 1 unspecified atom stereocenters. The van der Waals surface area contributed by atoms with Crippen LogP contribution in [0.4, 0.5) is 4.39 Å². The Hall–Kier alpha value is -2.02. The van der Waals surface area contributed by atoms with Crippen molar-refractivity contribution in [3.63, 3.8) is 0 Å². The largest absolute Gasteiger partial charge is 0.355 e. The summed E-state index contributed by atoms with van der Waals surface area (Å²) in [6.45, 7) is 3.71. The summed E-state index contributed by atoms with van der Waals surface area (Å²) in [6, 6.07) is 0.547. The number of likely N-dealkylation sites (N-methyl/N-ethyl adjacent to an activating group) is 1. The van der Waals surface area contributed by atoms with Crippen LogP contribution < -0.4 is 10.6 Å². The van der Waals surface area contributed by atoms with Gasteiger partial charge in [-0.05, 0) is 13.0 Å². The van der Waals surface area contributed by atoms with Crippen molar-refractivity contribution in [1.29, 1.82) is 0 Å². The van der Waals surface area contributed by atoms with Crippen LogP contribution in [0.3, 0.4) is 0 Å². The lowest BCUT2D eigenvalue weighted by Gasteiger charge is -2.35. The maximum absolute atomic E-state index is 13.1. The second-order valence-corrected chi connectivity index (χ2v) is 4.50. The maximum atomic E-state index is 13.1. The molecule has 1 atom stereocenters. The van der Waals surface area contributed by atoms with Gasteiger partial charge in [-0.25, -0.2) is 4.39 Å². The van der Waals surface area contributed by atoms with Gasteiger partial charge >= 0.3 is 0 Å². The van der Waals surface area contributed by atoms with Crippen LogP contribution in [0.25, 0.3) is 0 Å². The van der Waals surface area contributed by atoms with E-state index in [1.165, 1.54) is 11.1 Å². The van der Waals surface area contributed by atoms with Crippen LogP contribution in [0.1, 0.15) is 17.3 Å². The highest BCUT2D eigenvalue weighted by Crippen LogP contribution is 2.11. The Morgan fingerprint density at radius 2 is 2.35 bits per heavy atom. The third kappa shape index (κ3) is 3.11. The number of carbonyl (C=O) groups is 2. The van der Waals surface area contributed by atoms with Crippen LogP contribution in [0.2, 0.25) is 0 Å². The average molecular weight is 280 g/mol. The van der Waals surface area contributed by atoms with Crippen LogP contribution in [-0.4, -0.2) is 53.9 Å². The van der Waals surface area contributed by atoms with Crippen LogP contribution in [-0.2, 0) is 4.79 Å². The maximum Gasteiger partial charge on any atom is 0.256 e. The first-order chi connectivity index (χ1) is 9.63. The van der Waals surface area contributed by atoms with E-state index in [0.717, 1.165) is 12.3 Å². The molecule has 7 heteroatoms. The molecular weight excluding hydrogens is 263 g/mol. The van der Waals surface area contributed by atoms with E-state index in [9.17, 15) is 14.0 Å². The standard InChI is InChI=1S/C13H17FN4O2/c1-2-17-12(19)11-8-15-3-4-18(11)13(20)9-5-10(14)7-16-6-9/h5-7,11,15H,2-4,8H2,1H3,(H,17,19). The molecule has 1 aliphatic rings. The SMILES string of the molecule is CCNC(=O)C1CNCCN1C(=O)c1cncc(F)c1. The van der Waals surface area contributed by atoms with E-state index in [1.807, 2.05) is 6.92 Å². The van der Waals surface area contributed by atoms with Crippen LogP contribution in [0.15, 0.2) is 18.5 Å². The van der Waals surface area contributed by atoms with E-state index in [2.05, 4.69) is 15.6 Å². The van der Waals surface area contributed by atoms with Gasteiger partial charge in [-0.1, -0.05) is 0 Å². The second-order valence-electron chi connectivity index (χ2n) is 4.50. The Bertz CT molecular complexity index is 509. The number of nitrogens with zero attached hydrogens (tertiary/aromatic N) is 2. The summed E-state index contributed by atoms with van der Waals surface area (Å²) in [4.78, 5) is 29.5. The molecule has 0 saturated carbocycles. The van der Waals surface area contributed by atoms with Gasteiger partial charge in [0.2, 0.25) is 5.91 Å². The molecule has 0 aliphatic carbocycles. The molecule has 1 aromatic heterocycles. The van der Waals surface area contributed by atoms with Crippen molar-refractivity contribution in [3.8, 4) is 0 Å². The first-order valence-electron chi connectivity index (χ1n) is 6.53. The normalized spacial score (nSPS) is 18.7. The van der Waals surface area contributed by atoms with Gasteiger partial charge < -0.3 is 15.5 Å². The lowest BCUT2D eigenvalue weighted by molar-refractivity contribution is -0.126. The minimum Gasteiger partial charge on any atom is -0.355 e. The van der Waals surface area contributed by atoms with Crippen molar-refractivity contribution in [3.05, 3.63) is 29.8 Å². The van der Waals surface area contributed by atoms with Crippen molar-refractivity contribution in [1.82, 2.24) is 20.5 Å². The minimum absolute atomic E-state index is 0.154. The number of hydrogen-bond donors (Lipinski definition) is 2. The van der Waals surface area contributed by atoms with Gasteiger partial charge in [0.15, 0.2) is 0 Å². The minimum atomic E-state index is -0.584. The van der Waals surface area contributed by atoms with Crippen molar-refractivity contribution in [2.24, 2.45) is 0 Å². The molecule has 1 aromatic rings. The van der Waals surface area contributed by atoms with Crippen LogP contribution >= 0.6 is 0 Å². The van der Waals surface area contributed by atoms with E-state index < -0.39 is 11.9 Å². The number of piperazine rings is 1. The van der Waals surface area contributed by atoms with Crippen LogP contribution in [0.5, 0.6) is 0 Å². The monoisotopic (exact) mass is 280 g/mol. The van der Waals surface area contributed by atoms with E-state index in [1.54, 1.807) is 0 Å². The molecule has 0 aromatic carbocycles. The summed E-state index contributed by atoms with van der Waals surface area (Å²) >= 11 is 0. The van der Waals surface area contributed by atoms with Gasteiger partial charge in [-0.15, -0.1) is 0 Å². The predicted molar refractivity (Wildman–Crippen MR) is 70.6 cm³/mol. The molecule has 2 amide bonds. The Kier molecular flexibility index (Phi) is 4.62. The summed E-state index contributed by atoms with van der Waals surface area (Å²) in [5.74, 6) is -1.16. The fraction of sp³-hybridized carbons (Fsp3) is 0.462. The van der Waals surface area contributed by atoms with E-state index in [0.29, 0.717) is 26.2 Å². The fourth-order valence-electron chi connectivity index (χ4n) is 2.17. The summed E-state index contributed by atoms with van der Waals surface area (Å²) in [5, 5.41) is 5.78. The summed E-state index contributed by atoms with van der Waals surface area (Å²) in [6.07, 6.45) is 2.35. The van der Waals surface area contributed by atoms with Gasteiger partial charge in [0.1, 0.15) is 11.9 Å². The smallest absolute Gasteiger partial charge is 0.256 e. The molecule has 1 aliphatic heterocycles. The van der Waals surface area contributed by atoms with Gasteiger partial charge in [-0.3, -0.25) is 14.6 Å². The van der Waals surface area contributed by atoms with Gasteiger partial charge in [-0.2, -0.15) is 0 Å². The summed E-state index contributed by atoms with van der Waals surface area (Å²) in [5.41, 5.74) is 0.154. The first-order valence-corrected chi connectivity index (χ1v) is 6.53. The molecule has 0 radical (unpaired) electrons. The van der Waals surface area contributed by atoms with E-state index in [-0.39, 0.29) is 17.4 Å². The van der Waals surface area contributed by atoms with Crippen molar-refractivity contribution in [2.45, 2.75) is 13.0 Å². The second kappa shape index (κ2) is 6.42. The lowest BCUT2D eigenvalue weighted by Crippen LogP contribution is -2.59. The molecule has 0 bridgehead atoms. The third-order valence-electron chi connectivity index (χ3n) is 3.11. The molecular formula is C13H17FN4O2. The zero-order chi connectivity index (χ0) is 14.5. The molecule has 1 saturated heterocycles. The predicted octanol–water partition coefficient (Wildman–Crippen LogP) is -0.229. The quantitative estimate of drug-likeness (QED) is 0.802. The highest BCUT2D eigenvalue weighted by Gasteiger charge is 2.32. The Balaban J connectivity index is 2.19. The number of nitrogens with one attached hydrogen (secondary N) is 2. The number of aromatic nitrogens is 1. The number of halogens is 1. The summed E-state index contributed by atoms with van der Waals surface area (Å²) in [7, 11) is 0. The number of carbonyl (C=O) groups excluding carboxylic acids is 2. The van der Waals surface area contributed by atoms with Crippen molar-refractivity contribution >= 4 is 11.8 Å². The molecule has 1 fully saturated rings. The van der Waals surface area contributed by atoms with E-state index >= 15 is 0 Å². The highest BCUT2D eigenvalue weighted by molar-refractivity contribution is 5.97. The molecule has 108 valence electrons. The number of rotatable bonds is 3. The Morgan fingerprint density at radius 1 is 1.55 bits per heavy atom. The molecule has 2 rings (SSSR count). The molecule has 0 spiro atoms. The van der Waals surface area contributed by atoms with Gasteiger partial charge in [0, 0.05) is 32.4 Å². The number of pyridine rings is 1. The zero-order valence-corrected chi connectivity index (χ0v) is 11.2. The number of hydrogen-bond acceptors (Lipinski definition) is 4. The molecule has 20 heavy (non-hydrogen) atoms. The third-order valence-corrected chi connectivity index (χ3v) is 3.11. The lowest BCUT2D eigenvalue weighted by atomic mass is 10.1. The van der Waals surface area contributed by atoms with Crippen molar-refractivity contribution in [2.75, 3.05) is 26.2 Å².